The SMILES string of the molecule is CC(C)(C)OC(=O)N1CCC[C@@]2(C=C(c3cc(OC(F)(F)F)ccc3OCc3ccccc3)CO2)[C@@H]1c1ccccc1. The number of rotatable bonds is 6. The number of hydrogen-bond acceptors (Lipinski definition) is 5. The van der Waals surface area contributed by atoms with Gasteiger partial charge in [0.05, 0.1) is 12.6 Å². The van der Waals surface area contributed by atoms with Gasteiger partial charge in [-0.3, -0.25) is 4.90 Å². The van der Waals surface area contributed by atoms with Gasteiger partial charge in [0.1, 0.15) is 29.3 Å². The number of halogens is 3. The Morgan fingerprint density at radius 2 is 1.69 bits per heavy atom. The summed E-state index contributed by atoms with van der Waals surface area (Å²) in [5.74, 6) is 0.0430. The molecule has 6 nitrogen and oxygen atoms in total. The average molecular weight is 582 g/mol. The van der Waals surface area contributed by atoms with E-state index in [4.69, 9.17) is 14.2 Å². The predicted octanol–water partition coefficient (Wildman–Crippen LogP) is 8.09. The molecule has 2 heterocycles. The van der Waals surface area contributed by atoms with Gasteiger partial charge in [-0.05, 0) is 74.6 Å². The second-order valence-electron chi connectivity index (χ2n) is 11.5. The van der Waals surface area contributed by atoms with Gasteiger partial charge in [-0.2, -0.15) is 0 Å². The van der Waals surface area contributed by atoms with E-state index in [0.29, 0.717) is 36.3 Å². The molecule has 1 saturated heterocycles. The molecule has 5 rings (SSSR count). The standard InChI is InChI=1S/C33H34F3NO5/c1-31(2,3)42-30(38)37-18-10-17-32(29(37)24-13-8-5-9-14-24)20-25(22-40-32)27-19-26(41-33(34,35)36)15-16-28(27)39-21-23-11-6-4-7-12-23/h4-9,11-16,19-20,29H,10,17-18,21-22H2,1-3H3/t29-,32+/m0/s1. The van der Waals surface area contributed by atoms with Crippen LogP contribution >= 0.6 is 0 Å². The van der Waals surface area contributed by atoms with Gasteiger partial charge in [-0.15, -0.1) is 13.2 Å². The predicted molar refractivity (Wildman–Crippen MR) is 152 cm³/mol. The fourth-order valence-electron chi connectivity index (χ4n) is 5.54. The molecule has 0 unspecified atom stereocenters. The number of likely N-dealkylation sites (tertiary alicyclic amines) is 1. The van der Waals surface area contributed by atoms with E-state index in [1.54, 1.807) is 4.90 Å². The molecule has 1 spiro atoms. The van der Waals surface area contributed by atoms with Crippen LogP contribution in [0.1, 0.15) is 56.3 Å². The third-order valence-electron chi connectivity index (χ3n) is 7.17. The zero-order valence-electron chi connectivity index (χ0n) is 23.8. The number of ether oxygens (including phenoxy) is 4. The number of piperidine rings is 1. The second-order valence-corrected chi connectivity index (χ2v) is 11.5. The van der Waals surface area contributed by atoms with Crippen molar-refractivity contribution in [3.63, 3.8) is 0 Å². The zero-order chi connectivity index (χ0) is 30.0. The highest BCUT2D eigenvalue weighted by Crippen LogP contribution is 2.49. The quantitative estimate of drug-likeness (QED) is 0.295. The van der Waals surface area contributed by atoms with Crippen LogP contribution in [0.5, 0.6) is 11.5 Å². The van der Waals surface area contributed by atoms with Crippen LogP contribution in [-0.2, 0) is 16.1 Å². The molecule has 0 N–H and O–H groups in total. The monoisotopic (exact) mass is 581 g/mol. The van der Waals surface area contributed by atoms with Crippen LogP contribution in [0.25, 0.3) is 5.57 Å². The Morgan fingerprint density at radius 1 is 1.00 bits per heavy atom. The molecule has 0 saturated carbocycles. The van der Waals surface area contributed by atoms with Crippen LogP contribution in [-0.4, -0.2) is 41.7 Å². The molecule has 0 aliphatic carbocycles. The van der Waals surface area contributed by atoms with Gasteiger partial charge in [-0.1, -0.05) is 60.7 Å². The Balaban J connectivity index is 1.54. The molecule has 9 heteroatoms. The van der Waals surface area contributed by atoms with E-state index in [1.165, 1.54) is 18.2 Å². The van der Waals surface area contributed by atoms with E-state index in [2.05, 4.69) is 4.74 Å². The fourth-order valence-corrected chi connectivity index (χ4v) is 5.54. The molecule has 222 valence electrons. The number of nitrogens with zero attached hydrogens (tertiary/aromatic N) is 1. The molecule has 3 aromatic carbocycles. The van der Waals surface area contributed by atoms with Crippen molar-refractivity contribution in [3.8, 4) is 11.5 Å². The van der Waals surface area contributed by atoms with Crippen LogP contribution in [0.4, 0.5) is 18.0 Å². The Kier molecular flexibility index (Phi) is 8.23. The summed E-state index contributed by atoms with van der Waals surface area (Å²) in [7, 11) is 0. The van der Waals surface area contributed by atoms with E-state index in [9.17, 15) is 18.0 Å². The van der Waals surface area contributed by atoms with Gasteiger partial charge < -0.3 is 18.9 Å². The maximum Gasteiger partial charge on any atom is 0.573 e. The maximum atomic E-state index is 13.4. The Hall–Kier alpha value is -3.98. The van der Waals surface area contributed by atoms with E-state index in [-0.39, 0.29) is 19.0 Å². The number of carbonyl (C=O) groups is 1. The van der Waals surface area contributed by atoms with Crippen LogP contribution in [0.3, 0.4) is 0 Å². The van der Waals surface area contributed by atoms with Crippen molar-refractivity contribution in [1.29, 1.82) is 0 Å². The van der Waals surface area contributed by atoms with Crippen molar-refractivity contribution in [1.82, 2.24) is 4.90 Å². The second kappa shape index (κ2) is 11.7. The third-order valence-corrected chi connectivity index (χ3v) is 7.17. The van der Waals surface area contributed by atoms with Crippen molar-refractivity contribution in [2.75, 3.05) is 13.2 Å². The maximum absolute atomic E-state index is 13.4. The first-order valence-electron chi connectivity index (χ1n) is 13.9. The highest BCUT2D eigenvalue weighted by Gasteiger charge is 2.50. The zero-order valence-corrected chi connectivity index (χ0v) is 23.8. The fraction of sp³-hybridized carbons (Fsp3) is 0.364. The van der Waals surface area contributed by atoms with Gasteiger partial charge in [0.15, 0.2) is 0 Å². The normalized spacial score (nSPS) is 20.8. The van der Waals surface area contributed by atoms with Gasteiger partial charge >= 0.3 is 12.5 Å². The van der Waals surface area contributed by atoms with E-state index < -0.39 is 29.7 Å². The molecular weight excluding hydrogens is 547 g/mol. The third kappa shape index (κ3) is 6.90. The topological polar surface area (TPSA) is 57.2 Å². The van der Waals surface area contributed by atoms with E-state index >= 15 is 0 Å². The van der Waals surface area contributed by atoms with Crippen molar-refractivity contribution in [2.24, 2.45) is 0 Å². The summed E-state index contributed by atoms with van der Waals surface area (Å²) in [6.07, 6.45) is -2.10. The van der Waals surface area contributed by atoms with Crippen molar-refractivity contribution in [2.45, 2.75) is 63.8 Å². The number of alkyl halides is 3. The molecule has 3 aromatic rings. The minimum Gasteiger partial charge on any atom is -0.488 e. The molecule has 2 aliphatic rings. The first kappa shape index (κ1) is 29.5. The summed E-state index contributed by atoms with van der Waals surface area (Å²) in [4.78, 5) is 15.1. The molecule has 2 aliphatic heterocycles. The summed E-state index contributed by atoms with van der Waals surface area (Å²) in [6.45, 7) is 6.27. The summed E-state index contributed by atoms with van der Waals surface area (Å²) in [5.41, 5.74) is 1.25. The number of amides is 1. The number of benzene rings is 3. The average Bonchev–Trinajstić information content (AvgIpc) is 3.35. The molecule has 2 atom stereocenters. The lowest BCUT2D eigenvalue weighted by Crippen LogP contribution is -2.53. The van der Waals surface area contributed by atoms with Gasteiger partial charge in [-0.25, -0.2) is 4.79 Å². The molecule has 0 bridgehead atoms. The molecule has 0 radical (unpaired) electrons. The summed E-state index contributed by atoms with van der Waals surface area (Å²) in [6, 6.07) is 22.6. The smallest absolute Gasteiger partial charge is 0.488 e. The lowest BCUT2D eigenvalue weighted by Gasteiger charge is -2.47. The largest absolute Gasteiger partial charge is 0.573 e. The Bertz CT molecular complexity index is 1420. The minimum absolute atomic E-state index is 0.114. The van der Waals surface area contributed by atoms with Crippen LogP contribution in [0, 0.1) is 0 Å². The van der Waals surface area contributed by atoms with Crippen LogP contribution in [0.2, 0.25) is 0 Å². The number of carbonyl (C=O) groups excluding carboxylic acids is 1. The number of hydrogen-bond donors (Lipinski definition) is 0. The Labute approximate surface area is 243 Å². The van der Waals surface area contributed by atoms with Crippen molar-refractivity contribution in [3.05, 3.63) is 102 Å². The van der Waals surface area contributed by atoms with Gasteiger partial charge in [0, 0.05) is 12.1 Å². The highest BCUT2D eigenvalue weighted by molar-refractivity contribution is 5.76. The summed E-state index contributed by atoms with van der Waals surface area (Å²) >= 11 is 0. The van der Waals surface area contributed by atoms with Crippen LogP contribution in [0.15, 0.2) is 84.9 Å². The molecule has 42 heavy (non-hydrogen) atoms. The first-order chi connectivity index (χ1) is 19.9. The molecule has 1 fully saturated rings. The highest BCUT2D eigenvalue weighted by atomic mass is 19.4. The lowest BCUT2D eigenvalue weighted by molar-refractivity contribution is -0.274. The molecule has 0 aromatic heterocycles. The molecular formula is C33H34F3NO5. The van der Waals surface area contributed by atoms with Crippen molar-refractivity contribution < 1.29 is 36.9 Å². The van der Waals surface area contributed by atoms with Gasteiger partial charge in [0.25, 0.3) is 0 Å². The lowest BCUT2D eigenvalue weighted by atomic mass is 9.80. The molecule has 1 amide bonds. The summed E-state index contributed by atoms with van der Waals surface area (Å²) in [5, 5.41) is 0. The van der Waals surface area contributed by atoms with Crippen molar-refractivity contribution >= 4 is 11.7 Å². The Morgan fingerprint density at radius 3 is 2.36 bits per heavy atom. The van der Waals surface area contributed by atoms with E-state index in [0.717, 1.165) is 11.1 Å². The van der Waals surface area contributed by atoms with E-state index in [1.807, 2.05) is 87.5 Å². The summed E-state index contributed by atoms with van der Waals surface area (Å²) < 4.78 is 62.1. The van der Waals surface area contributed by atoms with Gasteiger partial charge in [0.2, 0.25) is 0 Å². The van der Waals surface area contributed by atoms with Crippen LogP contribution < -0.4 is 9.47 Å². The first-order valence-corrected chi connectivity index (χ1v) is 13.9. The minimum atomic E-state index is -4.85.